The van der Waals surface area contributed by atoms with E-state index in [-0.39, 0.29) is 0 Å². The Morgan fingerprint density at radius 3 is 0.800 bits per heavy atom. The summed E-state index contributed by atoms with van der Waals surface area (Å²) in [6.45, 7) is 9.75. The quantitative estimate of drug-likeness (QED) is 0.401. The van der Waals surface area contributed by atoms with Crippen LogP contribution in [0.3, 0.4) is 0 Å². The Balaban J connectivity index is -0.0000000863. The molecule has 110 valence electrons. The maximum atomic E-state index is 7.75. The third-order valence-electron chi connectivity index (χ3n) is 1.13. The molecule has 0 N–H and O–H groups in total. The maximum Gasteiger partial charge on any atom is 0.0267 e. The Bertz CT molecular complexity index is 241. The minimum atomic E-state index is 1.53. The molecule has 2 heterocycles. The van der Waals surface area contributed by atoms with Crippen LogP contribution in [0.5, 0.6) is 0 Å². The van der Waals surface area contributed by atoms with Crippen LogP contribution in [0, 0.1) is 0 Å². The SMILES string of the molecule is [Br][Re].[CH-]=O.[CH-]=O.[CH-]=O.c1ccncc1.c1ccncc1. The van der Waals surface area contributed by atoms with Crippen LogP contribution in [0.4, 0.5) is 0 Å². The Morgan fingerprint density at radius 1 is 0.550 bits per heavy atom. The van der Waals surface area contributed by atoms with Crippen molar-refractivity contribution in [2.45, 2.75) is 0 Å². The van der Waals surface area contributed by atoms with E-state index in [2.05, 4.69) is 43.8 Å². The van der Waals surface area contributed by atoms with Crippen LogP contribution in [-0.2, 0) is 31.6 Å². The van der Waals surface area contributed by atoms with E-state index in [1.54, 1.807) is 24.8 Å². The van der Waals surface area contributed by atoms with E-state index in [4.69, 9.17) is 14.4 Å². The molecular formula is C13H13BrN2O3Re-3. The first kappa shape index (κ1) is 26.9. The minimum Gasteiger partial charge on any atom is -0.545 e. The molecule has 0 aliphatic heterocycles. The summed E-state index contributed by atoms with van der Waals surface area (Å²) in [6.07, 6.45) is 7.00. The third kappa shape index (κ3) is 36.0. The third-order valence-corrected chi connectivity index (χ3v) is 1.13. The van der Waals surface area contributed by atoms with Crippen LogP contribution in [0.25, 0.3) is 0 Å². The number of carbonyl (C=O) groups excluding carboxylic acids is 3. The second-order valence-corrected chi connectivity index (χ2v) is 2.05. The van der Waals surface area contributed by atoms with Gasteiger partial charge in [-0.15, -0.1) is 0 Å². The molecule has 0 spiro atoms. The molecule has 0 aromatic carbocycles. The van der Waals surface area contributed by atoms with Crippen molar-refractivity contribution in [3.63, 3.8) is 0 Å². The average molecular weight is 511 g/mol. The average Bonchev–Trinajstić information content (AvgIpc) is 2.65. The van der Waals surface area contributed by atoms with Gasteiger partial charge < -0.3 is 14.4 Å². The van der Waals surface area contributed by atoms with E-state index in [9.17, 15) is 0 Å². The van der Waals surface area contributed by atoms with Crippen LogP contribution in [0.2, 0.25) is 0 Å². The van der Waals surface area contributed by atoms with Gasteiger partial charge >= 0.3 is 30.6 Å². The molecule has 0 saturated heterocycles. The zero-order chi connectivity index (χ0) is 16.5. The molecular weight excluding hydrogens is 498 g/mol. The molecule has 0 fully saturated rings. The fraction of sp³-hybridized carbons (Fsp3) is 0. The smallest absolute Gasteiger partial charge is 0.0267 e. The van der Waals surface area contributed by atoms with Crippen molar-refractivity contribution in [3.05, 3.63) is 61.2 Å². The van der Waals surface area contributed by atoms with E-state index < -0.39 is 0 Å². The van der Waals surface area contributed by atoms with Crippen molar-refractivity contribution < 1.29 is 31.6 Å². The van der Waals surface area contributed by atoms with Gasteiger partial charge in [-0.3, -0.25) is 30.3 Å². The van der Waals surface area contributed by atoms with Gasteiger partial charge in [-0.1, -0.05) is 12.1 Å². The van der Waals surface area contributed by atoms with Gasteiger partial charge in [0, 0.05) is 24.8 Å². The summed E-state index contributed by atoms with van der Waals surface area (Å²) in [5, 5.41) is 0. The second-order valence-electron chi connectivity index (χ2n) is 2.05. The van der Waals surface area contributed by atoms with Crippen molar-refractivity contribution in [2.24, 2.45) is 0 Å². The topological polar surface area (TPSA) is 77.0 Å². The summed E-state index contributed by atoms with van der Waals surface area (Å²) in [4.78, 5) is 30.8. The van der Waals surface area contributed by atoms with E-state index in [0.717, 1.165) is 0 Å². The molecule has 0 bridgehead atoms. The largest absolute Gasteiger partial charge is 0.545 e. The molecule has 0 atom stereocenters. The van der Waals surface area contributed by atoms with Crippen LogP contribution >= 0.6 is 13.4 Å². The zero-order valence-electron chi connectivity index (χ0n) is 10.4. The van der Waals surface area contributed by atoms with Gasteiger partial charge in [-0.2, -0.15) is 0 Å². The normalized spacial score (nSPS) is 5.70. The van der Waals surface area contributed by atoms with E-state index in [0.29, 0.717) is 0 Å². The van der Waals surface area contributed by atoms with Crippen molar-refractivity contribution in [3.8, 4) is 0 Å². The molecule has 2 aromatic rings. The van der Waals surface area contributed by atoms with Crippen LogP contribution < -0.4 is 0 Å². The minimum absolute atomic E-state index is 1.53. The summed E-state index contributed by atoms with van der Waals surface area (Å²) in [6, 6.07) is 11.4. The van der Waals surface area contributed by atoms with Gasteiger partial charge in [0.05, 0.1) is 0 Å². The molecule has 20 heavy (non-hydrogen) atoms. The van der Waals surface area contributed by atoms with Gasteiger partial charge in [-0.05, 0) is 24.3 Å². The molecule has 0 amide bonds. The summed E-state index contributed by atoms with van der Waals surface area (Å²) in [5.74, 6) is 0. The molecule has 0 unspecified atom stereocenters. The first-order chi connectivity index (χ1) is 10.0. The fourth-order valence-corrected chi connectivity index (χ4v) is 0.625. The predicted molar refractivity (Wildman–Crippen MR) is 77.7 cm³/mol. The molecule has 5 nitrogen and oxygen atoms in total. The van der Waals surface area contributed by atoms with Gasteiger partial charge in [0.25, 0.3) is 0 Å². The van der Waals surface area contributed by atoms with Gasteiger partial charge in [0.15, 0.2) is 0 Å². The summed E-state index contributed by atoms with van der Waals surface area (Å²) >= 11 is 4.53. The van der Waals surface area contributed by atoms with Gasteiger partial charge in [0.2, 0.25) is 0 Å². The number of halogens is 1. The van der Waals surface area contributed by atoms with E-state index in [1.807, 2.05) is 36.4 Å². The number of nitrogens with zero attached hydrogens (tertiary/aromatic N) is 2. The molecule has 0 aliphatic carbocycles. The molecule has 0 radical (unpaired) electrons. The Labute approximate surface area is 136 Å². The Kier molecular flexibility index (Phi) is 58.2. The van der Waals surface area contributed by atoms with Crippen molar-refractivity contribution >= 4 is 33.8 Å². The summed E-state index contributed by atoms with van der Waals surface area (Å²) in [5.41, 5.74) is 0. The monoisotopic (exact) mass is 511 g/mol. The first-order valence-electron chi connectivity index (χ1n) is 4.55. The van der Waals surface area contributed by atoms with E-state index >= 15 is 0 Å². The Morgan fingerprint density at radius 2 is 0.750 bits per heavy atom. The van der Waals surface area contributed by atoms with Gasteiger partial charge in [0.1, 0.15) is 0 Å². The molecule has 0 saturated carbocycles. The first-order valence-corrected chi connectivity index (χ1v) is 10.5. The number of aromatic nitrogens is 2. The van der Waals surface area contributed by atoms with Crippen molar-refractivity contribution in [2.75, 3.05) is 0 Å². The summed E-state index contributed by atoms with van der Waals surface area (Å²) in [7, 11) is 0. The zero-order valence-corrected chi connectivity index (χ0v) is 14.7. The molecule has 0 aliphatic rings. The number of pyridine rings is 2. The summed E-state index contributed by atoms with van der Waals surface area (Å²) < 4.78 is 0. The number of rotatable bonds is 0. The fourth-order valence-electron chi connectivity index (χ4n) is 0.625. The second kappa shape index (κ2) is 43.2. The number of hydrogen-bond acceptors (Lipinski definition) is 5. The maximum absolute atomic E-state index is 7.75. The van der Waals surface area contributed by atoms with E-state index in [1.165, 1.54) is 17.2 Å². The van der Waals surface area contributed by atoms with Crippen LogP contribution in [-0.4, -0.2) is 30.3 Å². The molecule has 2 rings (SSSR count). The van der Waals surface area contributed by atoms with Crippen molar-refractivity contribution in [1.29, 1.82) is 0 Å². The molecule has 7 heteroatoms. The van der Waals surface area contributed by atoms with Crippen LogP contribution in [0.15, 0.2) is 61.2 Å². The Hall–Kier alpha value is -1.55. The van der Waals surface area contributed by atoms with Crippen molar-refractivity contribution in [1.82, 2.24) is 9.97 Å². The standard InChI is InChI=1S/2C5H5N.3CHO.BrH.Re/c2*1-2-4-6-5-3-1;3*1-2;;/h2*1-5H;3*1H;1H;/q;;3*-1;;+1/p-1. The van der Waals surface area contributed by atoms with Gasteiger partial charge in [-0.25, -0.2) is 0 Å². The van der Waals surface area contributed by atoms with Crippen LogP contribution in [0.1, 0.15) is 0 Å². The predicted octanol–water partition coefficient (Wildman–Crippen LogP) is 2.18. The number of hydrogen-bond donors (Lipinski definition) is 0. The molecule has 2 aromatic heterocycles.